The number of aromatic nitrogens is 3. The van der Waals surface area contributed by atoms with Crippen molar-refractivity contribution < 1.29 is 18.6 Å². The van der Waals surface area contributed by atoms with Crippen LogP contribution in [0.2, 0.25) is 5.02 Å². The number of ether oxygens (including phenoxy) is 3. The van der Waals surface area contributed by atoms with Crippen molar-refractivity contribution >= 4 is 22.8 Å². The molecular weight excluding hydrogens is 406 g/mol. The zero-order chi connectivity index (χ0) is 20.1. The SMILES string of the molecule is Clc1cc2[nH]c(OC3COC4CCOC43)nc2nc1-c1cc(-c2ccccc2)co1. The van der Waals surface area contributed by atoms with E-state index in [0.717, 1.165) is 17.5 Å². The molecule has 0 bridgehead atoms. The van der Waals surface area contributed by atoms with Crippen molar-refractivity contribution in [3.05, 3.63) is 53.8 Å². The van der Waals surface area contributed by atoms with Gasteiger partial charge in [0.2, 0.25) is 0 Å². The summed E-state index contributed by atoms with van der Waals surface area (Å²) in [5, 5.41) is 0.468. The predicted octanol–water partition coefficient (Wildman–Crippen LogP) is 4.47. The van der Waals surface area contributed by atoms with Crippen LogP contribution in [-0.2, 0) is 9.47 Å². The zero-order valence-electron chi connectivity index (χ0n) is 15.9. The molecule has 3 aromatic heterocycles. The summed E-state index contributed by atoms with van der Waals surface area (Å²) in [5.74, 6) is 0.581. The number of H-pyrrole nitrogens is 1. The maximum Gasteiger partial charge on any atom is 0.296 e. The number of imidazole rings is 1. The fraction of sp³-hybridized carbons (Fsp3) is 0.273. The van der Waals surface area contributed by atoms with Crippen molar-refractivity contribution in [1.29, 1.82) is 0 Å². The molecule has 7 nitrogen and oxygen atoms in total. The Balaban J connectivity index is 1.29. The van der Waals surface area contributed by atoms with Gasteiger partial charge in [0, 0.05) is 12.2 Å². The van der Waals surface area contributed by atoms with Crippen molar-refractivity contribution in [2.75, 3.05) is 13.2 Å². The Hall–Kier alpha value is -2.87. The Labute approximate surface area is 176 Å². The first-order chi connectivity index (χ1) is 14.7. The van der Waals surface area contributed by atoms with Gasteiger partial charge in [-0.05, 0) is 24.1 Å². The quantitative estimate of drug-likeness (QED) is 0.521. The van der Waals surface area contributed by atoms with Gasteiger partial charge in [0.25, 0.3) is 6.01 Å². The van der Waals surface area contributed by atoms with Crippen molar-refractivity contribution in [2.24, 2.45) is 0 Å². The van der Waals surface area contributed by atoms with E-state index in [1.54, 1.807) is 12.3 Å². The lowest BCUT2D eigenvalue weighted by molar-refractivity contribution is 0.0273. The summed E-state index contributed by atoms with van der Waals surface area (Å²) >= 11 is 6.49. The highest BCUT2D eigenvalue weighted by Crippen LogP contribution is 2.34. The first-order valence-corrected chi connectivity index (χ1v) is 10.2. The number of halogens is 1. The summed E-state index contributed by atoms with van der Waals surface area (Å²) in [6, 6.07) is 14.1. The van der Waals surface area contributed by atoms with Gasteiger partial charge < -0.3 is 23.6 Å². The van der Waals surface area contributed by atoms with Crippen LogP contribution in [0.1, 0.15) is 6.42 Å². The zero-order valence-corrected chi connectivity index (χ0v) is 16.6. The van der Waals surface area contributed by atoms with Gasteiger partial charge >= 0.3 is 0 Å². The molecule has 2 aliphatic rings. The number of furan rings is 1. The first kappa shape index (κ1) is 17.9. The van der Waals surface area contributed by atoms with Crippen LogP contribution in [0, 0.1) is 0 Å². The Morgan fingerprint density at radius 2 is 1.97 bits per heavy atom. The molecular formula is C22H18ClN3O4. The number of pyridine rings is 1. The maximum atomic E-state index is 6.49. The number of hydrogen-bond donors (Lipinski definition) is 1. The minimum Gasteiger partial charge on any atom is -0.462 e. The van der Waals surface area contributed by atoms with Crippen molar-refractivity contribution in [1.82, 2.24) is 15.0 Å². The van der Waals surface area contributed by atoms with Gasteiger partial charge in [-0.15, -0.1) is 0 Å². The molecule has 2 aliphatic heterocycles. The minimum absolute atomic E-state index is 0.0511. The first-order valence-electron chi connectivity index (χ1n) is 9.85. The number of nitrogens with zero attached hydrogens (tertiary/aromatic N) is 2. The van der Waals surface area contributed by atoms with Crippen LogP contribution < -0.4 is 4.74 Å². The number of fused-ring (bicyclic) bond motifs is 2. The van der Waals surface area contributed by atoms with Crippen LogP contribution >= 0.6 is 11.6 Å². The Morgan fingerprint density at radius 1 is 1.07 bits per heavy atom. The van der Waals surface area contributed by atoms with E-state index < -0.39 is 0 Å². The second kappa shape index (κ2) is 7.12. The van der Waals surface area contributed by atoms with Crippen LogP contribution in [0.25, 0.3) is 33.7 Å². The Kier molecular flexibility index (Phi) is 4.26. The summed E-state index contributed by atoms with van der Waals surface area (Å²) in [6.45, 7) is 1.18. The molecule has 0 amide bonds. The molecule has 4 aromatic rings. The summed E-state index contributed by atoms with van der Waals surface area (Å²) in [6.07, 6.45) is 2.47. The molecule has 0 radical (unpaired) electrons. The van der Waals surface area contributed by atoms with Gasteiger partial charge in [0.1, 0.15) is 11.8 Å². The lowest BCUT2D eigenvalue weighted by Gasteiger charge is -2.15. The Morgan fingerprint density at radius 3 is 2.87 bits per heavy atom. The molecule has 8 heteroatoms. The fourth-order valence-electron chi connectivity index (χ4n) is 4.04. The average molecular weight is 424 g/mol. The van der Waals surface area contributed by atoms with E-state index in [2.05, 4.69) is 15.0 Å². The standard InChI is InChI=1S/C22H18ClN3O4/c23-14-9-15-21(26-22(24-15)30-18-11-29-16-6-7-27-20(16)18)25-19(14)17-8-13(10-28-17)12-4-2-1-3-5-12/h1-5,8-10,16,18,20H,6-7,11H2,(H,24,25,26). The molecule has 152 valence electrons. The lowest BCUT2D eigenvalue weighted by atomic mass is 10.1. The largest absolute Gasteiger partial charge is 0.462 e. The van der Waals surface area contributed by atoms with E-state index in [0.29, 0.717) is 46.9 Å². The second-order valence-corrected chi connectivity index (χ2v) is 7.86. The van der Waals surface area contributed by atoms with Gasteiger partial charge in [-0.3, -0.25) is 0 Å². The van der Waals surface area contributed by atoms with Gasteiger partial charge in [-0.2, -0.15) is 4.98 Å². The second-order valence-electron chi connectivity index (χ2n) is 7.45. The normalized spacial score (nSPS) is 23.2. The van der Waals surface area contributed by atoms with E-state index in [4.69, 9.17) is 30.2 Å². The van der Waals surface area contributed by atoms with E-state index in [1.807, 2.05) is 36.4 Å². The van der Waals surface area contributed by atoms with Crippen LogP contribution in [0.15, 0.2) is 53.1 Å². The minimum atomic E-state index is -0.188. The molecule has 1 aromatic carbocycles. The number of aromatic amines is 1. The van der Waals surface area contributed by atoms with E-state index in [9.17, 15) is 0 Å². The third kappa shape index (κ3) is 3.06. The highest BCUT2D eigenvalue weighted by molar-refractivity contribution is 6.33. The molecule has 3 unspecified atom stereocenters. The van der Waals surface area contributed by atoms with Gasteiger partial charge in [0.05, 0.1) is 29.5 Å². The third-order valence-corrected chi connectivity index (χ3v) is 5.82. The summed E-state index contributed by atoms with van der Waals surface area (Å²) in [7, 11) is 0. The van der Waals surface area contributed by atoms with Gasteiger partial charge in [-0.25, -0.2) is 4.98 Å². The van der Waals surface area contributed by atoms with Crippen molar-refractivity contribution in [3.8, 4) is 28.6 Å². The van der Waals surface area contributed by atoms with E-state index >= 15 is 0 Å². The predicted molar refractivity (Wildman–Crippen MR) is 111 cm³/mol. The smallest absolute Gasteiger partial charge is 0.296 e. The number of benzene rings is 1. The number of rotatable bonds is 4. The molecule has 5 heterocycles. The summed E-state index contributed by atoms with van der Waals surface area (Å²) in [5.41, 5.74) is 3.75. The van der Waals surface area contributed by atoms with Crippen LogP contribution in [0.4, 0.5) is 0 Å². The Bertz CT molecular complexity index is 1210. The van der Waals surface area contributed by atoms with Crippen LogP contribution in [0.3, 0.4) is 0 Å². The number of hydrogen-bond acceptors (Lipinski definition) is 6. The molecule has 3 atom stereocenters. The topological polar surface area (TPSA) is 82.4 Å². The van der Waals surface area contributed by atoms with E-state index in [1.165, 1.54) is 0 Å². The third-order valence-electron chi connectivity index (χ3n) is 5.53. The summed E-state index contributed by atoms with van der Waals surface area (Å²) in [4.78, 5) is 12.2. The molecule has 6 rings (SSSR count). The molecule has 0 spiro atoms. The monoisotopic (exact) mass is 423 g/mol. The van der Waals surface area contributed by atoms with E-state index in [-0.39, 0.29) is 18.3 Å². The lowest BCUT2D eigenvalue weighted by Crippen LogP contribution is -2.32. The highest BCUT2D eigenvalue weighted by atomic mass is 35.5. The summed E-state index contributed by atoms with van der Waals surface area (Å²) < 4.78 is 23.2. The van der Waals surface area contributed by atoms with Gasteiger partial charge in [-0.1, -0.05) is 41.9 Å². The van der Waals surface area contributed by atoms with Crippen molar-refractivity contribution in [2.45, 2.75) is 24.7 Å². The highest BCUT2D eigenvalue weighted by Gasteiger charge is 2.43. The molecule has 0 aliphatic carbocycles. The fourth-order valence-corrected chi connectivity index (χ4v) is 4.29. The number of nitrogens with one attached hydrogen (secondary N) is 1. The van der Waals surface area contributed by atoms with Crippen LogP contribution in [0.5, 0.6) is 6.01 Å². The van der Waals surface area contributed by atoms with Crippen LogP contribution in [-0.4, -0.2) is 46.5 Å². The molecule has 30 heavy (non-hydrogen) atoms. The molecule has 2 saturated heterocycles. The van der Waals surface area contributed by atoms with Gasteiger partial charge in [0.15, 0.2) is 17.5 Å². The molecule has 1 N–H and O–H groups in total. The molecule has 2 fully saturated rings. The maximum absolute atomic E-state index is 6.49. The average Bonchev–Trinajstić information content (AvgIpc) is 3.53. The molecule has 0 saturated carbocycles. The van der Waals surface area contributed by atoms with Crippen molar-refractivity contribution in [3.63, 3.8) is 0 Å².